The van der Waals surface area contributed by atoms with Gasteiger partial charge in [0.25, 0.3) is 0 Å². The average Bonchev–Trinajstić information content (AvgIpc) is 3.53. The van der Waals surface area contributed by atoms with E-state index in [1.54, 1.807) is 18.5 Å². The van der Waals surface area contributed by atoms with Gasteiger partial charge in [-0.05, 0) is 36.6 Å². The highest BCUT2D eigenvalue weighted by Gasteiger charge is 2.51. The van der Waals surface area contributed by atoms with E-state index < -0.39 is 17.0 Å². The van der Waals surface area contributed by atoms with Gasteiger partial charge in [-0.2, -0.15) is 0 Å². The number of nitrogens with zero attached hydrogens (tertiary/aromatic N) is 4. The average molecular weight is 543 g/mol. The number of ketones is 2. The second kappa shape index (κ2) is 10.5. The maximum absolute atomic E-state index is 14.2. The predicted molar refractivity (Wildman–Crippen MR) is 142 cm³/mol. The van der Waals surface area contributed by atoms with Gasteiger partial charge in [0, 0.05) is 74.3 Å². The number of benzene rings is 2. The first-order valence-corrected chi connectivity index (χ1v) is 13.3. The summed E-state index contributed by atoms with van der Waals surface area (Å²) in [5, 5.41) is 3.87. The van der Waals surface area contributed by atoms with Crippen molar-refractivity contribution in [2.45, 2.75) is 44.1 Å². The molecule has 2 fully saturated rings. The SMILES string of the molecule is O=C(CC1(CC(=O)c2cc(-c3ccc(F)cc3F)on2)CN(Cc2ccccc2)C1)CC1(c2ncccn2)CC1. The molecule has 0 spiro atoms. The lowest BCUT2D eigenvalue weighted by Crippen LogP contribution is -2.57. The standard InChI is InChI=1S/C31H28F2N4O3/c32-22-7-8-24(25(33)13-22)28-14-26(36-40-28)27(39)17-30(19-37(20-30)18-21-5-2-1-3-6-21)15-23(38)16-31(9-10-31)29-34-11-4-12-35-29/h1-8,11-14H,9-10,15-20H2. The minimum Gasteiger partial charge on any atom is -0.355 e. The molecule has 1 saturated carbocycles. The van der Waals surface area contributed by atoms with Gasteiger partial charge in [-0.1, -0.05) is 35.5 Å². The fourth-order valence-corrected chi connectivity index (χ4v) is 5.86. The zero-order chi connectivity index (χ0) is 27.7. The van der Waals surface area contributed by atoms with E-state index in [9.17, 15) is 18.4 Å². The van der Waals surface area contributed by atoms with Crippen molar-refractivity contribution in [1.82, 2.24) is 20.0 Å². The molecule has 40 heavy (non-hydrogen) atoms. The Morgan fingerprint density at radius 2 is 1.65 bits per heavy atom. The third-order valence-corrected chi connectivity index (χ3v) is 7.90. The Balaban J connectivity index is 1.17. The van der Waals surface area contributed by atoms with Gasteiger partial charge in [0.2, 0.25) is 0 Å². The van der Waals surface area contributed by atoms with Crippen LogP contribution in [0.15, 0.2) is 77.6 Å². The van der Waals surface area contributed by atoms with Crippen LogP contribution in [0.25, 0.3) is 11.3 Å². The molecule has 0 radical (unpaired) electrons. The molecule has 2 aromatic heterocycles. The van der Waals surface area contributed by atoms with Crippen molar-refractivity contribution in [3.63, 3.8) is 0 Å². The summed E-state index contributed by atoms with van der Waals surface area (Å²) in [5.74, 6) is -0.951. The minimum absolute atomic E-state index is 0.0217. The summed E-state index contributed by atoms with van der Waals surface area (Å²) in [7, 11) is 0. The number of rotatable bonds is 11. The summed E-state index contributed by atoms with van der Waals surface area (Å²) in [6.45, 7) is 1.90. The highest BCUT2D eigenvalue weighted by molar-refractivity contribution is 5.96. The third-order valence-electron chi connectivity index (χ3n) is 7.90. The number of carbonyl (C=O) groups excluding carboxylic acids is 2. The number of hydrogen-bond acceptors (Lipinski definition) is 7. The summed E-state index contributed by atoms with van der Waals surface area (Å²) in [6, 6.07) is 16.3. The topological polar surface area (TPSA) is 89.2 Å². The number of aromatic nitrogens is 3. The van der Waals surface area contributed by atoms with Crippen LogP contribution in [0.1, 0.15) is 54.0 Å². The third kappa shape index (κ3) is 5.47. The molecule has 204 valence electrons. The minimum atomic E-state index is -0.802. The van der Waals surface area contributed by atoms with E-state index in [0.717, 1.165) is 37.1 Å². The summed E-state index contributed by atoms with van der Waals surface area (Å²) >= 11 is 0. The van der Waals surface area contributed by atoms with Crippen molar-refractivity contribution in [1.29, 1.82) is 0 Å². The fraction of sp³-hybridized carbons (Fsp3) is 0.323. The van der Waals surface area contributed by atoms with Crippen LogP contribution in [-0.4, -0.2) is 44.7 Å². The number of carbonyl (C=O) groups is 2. The maximum Gasteiger partial charge on any atom is 0.185 e. The summed E-state index contributed by atoms with van der Waals surface area (Å²) in [5.41, 5.74) is 0.389. The Morgan fingerprint density at radius 3 is 2.35 bits per heavy atom. The van der Waals surface area contributed by atoms with Gasteiger partial charge < -0.3 is 4.52 Å². The van der Waals surface area contributed by atoms with E-state index >= 15 is 0 Å². The second-order valence-corrected chi connectivity index (χ2v) is 11.2. The van der Waals surface area contributed by atoms with Gasteiger partial charge >= 0.3 is 0 Å². The van der Waals surface area contributed by atoms with E-state index in [4.69, 9.17) is 4.52 Å². The van der Waals surface area contributed by atoms with Gasteiger partial charge in [0.15, 0.2) is 11.5 Å². The molecule has 0 unspecified atom stereocenters. The zero-order valence-electron chi connectivity index (χ0n) is 21.9. The van der Waals surface area contributed by atoms with E-state index in [1.165, 1.54) is 12.1 Å². The lowest BCUT2D eigenvalue weighted by molar-refractivity contribution is -0.125. The fourth-order valence-electron chi connectivity index (χ4n) is 5.86. The van der Waals surface area contributed by atoms with Crippen LogP contribution in [-0.2, 0) is 16.8 Å². The zero-order valence-corrected chi connectivity index (χ0v) is 21.9. The molecule has 0 atom stereocenters. The van der Waals surface area contributed by atoms with Crippen molar-refractivity contribution >= 4 is 11.6 Å². The van der Waals surface area contributed by atoms with E-state index in [0.29, 0.717) is 25.3 Å². The maximum atomic E-state index is 14.2. The number of halogens is 2. The first-order valence-electron chi connectivity index (χ1n) is 13.3. The van der Waals surface area contributed by atoms with Crippen LogP contribution < -0.4 is 0 Å². The Labute approximate surface area is 230 Å². The Bertz CT molecular complexity index is 1530. The van der Waals surface area contributed by atoms with Gasteiger partial charge in [0.1, 0.15) is 28.9 Å². The molecule has 0 bridgehead atoms. The van der Waals surface area contributed by atoms with Crippen LogP contribution in [0.2, 0.25) is 0 Å². The monoisotopic (exact) mass is 542 g/mol. The molecule has 1 aliphatic carbocycles. The lowest BCUT2D eigenvalue weighted by Gasteiger charge is -2.50. The Morgan fingerprint density at radius 1 is 0.900 bits per heavy atom. The molecule has 6 rings (SSSR count). The molecule has 3 heterocycles. The number of hydrogen-bond donors (Lipinski definition) is 0. The number of Topliss-reactive ketones (excluding diaryl/α,β-unsaturated/α-hetero) is 2. The molecule has 1 aliphatic heterocycles. The first-order chi connectivity index (χ1) is 19.3. The molecule has 0 N–H and O–H groups in total. The second-order valence-electron chi connectivity index (χ2n) is 11.2. The van der Waals surface area contributed by atoms with Crippen LogP contribution in [0.5, 0.6) is 0 Å². The van der Waals surface area contributed by atoms with Crippen molar-refractivity contribution < 1.29 is 22.9 Å². The molecule has 4 aromatic rings. The molecule has 7 nitrogen and oxygen atoms in total. The van der Waals surface area contributed by atoms with Crippen molar-refractivity contribution in [2.24, 2.45) is 5.41 Å². The van der Waals surface area contributed by atoms with Gasteiger partial charge in [-0.25, -0.2) is 18.7 Å². The molecule has 1 saturated heterocycles. The molecule has 9 heteroatoms. The Kier molecular flexibility index (Phi) is 6.83. The first kappa shape index (κ1) is 26.1. The molecule has 0 amide bonds. The van der Waals surface area contributed by atoms with E-state index in [1.807, 2.05) is 18.2 Å². The molecular formula is C31H28F2N4O3. The molecule has 2 aliphatic rings. The van der Waals surface area contributed by atoms with E-state index in [2.05, 4.69) is 32.2 Å². The normalized spacial score (nSPS) is 17.2. The highest BCUT2D eigenvalue weighted by Crippen LogP contribution is 2.51. The molecule has 2 aromatic carbocycles. The van der Waals surface area contributed by atoms with Crippen LogP contribution in [0.4, 0.5) is 8.78 Å². The quantitative estimate of drug-likeness (QED) is 0.229. The van der Waals surface area contributed by atoms with Gasteiger partial charge in [-0.3, -0.25) is 14.5 Å². The van der Waals surface area contributed by atoms with E-state index in [-0.39, 0.29) is 46.8 Å². The number of likely N-dealkylation sites (tertiary alicyclic amines) is 1. The largest absolute Gasteiger partial charge is 0.355 e. The predicted octanol–water partition coefficient (Wildman–Crippen LogP) is 5.57. The summed E-state index contributed by atoms with van der Waals surface area (Å²) in [4.78, 5) is 37.8. The summed E-state index contributed by atoms with van der Waals surface area (Å²) < 4.78 is 32.8. The Hall–Kier alpha value is -4.11. The smallest absolute Gasteiger partial charge is 0.185 e. The van der Waals surface area contributed by atoms with Crippen LogP contribution in [0.3, 0.4) is 0 Å². The highest BCUT2D eigenvalue weighted by atomic mass is 19.1. The van der Waals surface area contributed by atoms with Crippen molar-refractivity contribution in [3.05, 3.63) is 102 Å². The lowest BCUT2D eigenvalue weighted by atomic mass is 9.70. The van der Waals surface area contributed by atoms with Crippen LogP contribution in [0, 0.1) is 17.0 Å². The van der Waals surface area contributed by atoms with Crippen molar-refractivity contribution in [3.8, 4) is 11.3 Å². The van der Waals surface area contributed by atoms with Gasteiger partial charge in [0.05, 0.1) is 5.56 Å². The van der Waals surface area contributed by atoms with Crippen molar-refractivity contribution in [2.75, 3.05) is 13.1 Å². The molecular weight excluding hydrogens is 514 g/mol. The van der Waals surface area contributed by atoms with Crippen LogP contribution >= 0.6 is 0 Å². The summed E-state index contributed by atoms with van der Waals surface area (Å²) in [6.07, 6.45) is 5.86. The van der Waals surface area contributed by atoms with Gasteiger partial charge in [-0.15, -0.1) is 0 Å².